The molecule has 4 aliphatic heterocycles. The van der Waals surface area contributed by atoms with E-state index >= 15 is 0 Å². The molecule has 0 amide bonds. The van der Waals surface area contributed by atoms with Gasteiger partial charge in [-0.25, -0.2) is 0 Å². The Bertz CT molecular complexity index is 692. The van der Waals surface area contributed by atoms with E-state index in [2.05, 4.69) is 28.2 Å². The van der Waals surface area contributed by atoms with E-state index in [9.17, 15) is 14.7 Å². The lowest BCUT2D eigenvalue weighted by molar-refractivity contribution is -0.933. The molecule has 6 heteroatoms. The van der Waals surface area contributed by atoms with Crippen LogP contribution in [0, 0.1) is 17.3 Å². The number of carbonyl (C=O) groups is 2. The number of quaternary nitrogens is 2. The summed E-state index contributed by atoms with van der Waals surface area (Å²) < 4.78 is 2.19. The molecule has 0 aromatic carbocycles. The second-order valence-electron chi connectivity index (χ2n) is 13.4. The monoisotopic (exact) mass is 478 g/mol. The van der Waals surface area contributed by atoms with Gasteiger partial charge < -0.3 is 19.2 Å². The standard InChI is InChI=1S/C28H48N2O4/c1-29(2)22-11-12-23(29)17-20(16-22)28(27(33)34,15-9-7-5-6-8-10-26(31)32)21-18-24-13-14-25(19-21)30(24,3)4/h20-25H,5-19H2,1-4H3/p+2. The number of unbranched alkanes of at least 4 members (excludes halogenated alkanes) is 4. The maximum absolute atomic E-state index is 13.4. The topological polar surface area (TPSA) is 74.6 Å². The molecular formula is C28H50N2O4+2. The molecule has 0 aromatic heterocycles. The fraction of sp³-hybridized carbons (Fsp3) is 0.929. The molecule has 0 saturated carbocycles. The Morgan fingerprint density at radius 1 is 0.676 bits per heavy atom. The maximum atomic E-state index is 13.4. The Hall–Kier alpha value is -1.14. The van der Waals surface area contributed by atoms with Gasteiger partial charge in [-0.2, -0.15) is 0 Å². The summed E-state index contributed by atoms with van der Waals surface area (Å²) in [6.45, 7) is 0. The van der Waals surface area contributed by atoms with Crippen LogP contribution in [-0.2, 0) is 9.59 Å². The molecule has 4 bridgehead atoms. The molecule has 2 N–H and O–H groups in total. The second-order valence-corrected chi connectivity index (χ2v) is 13.4. The molecule has 4 aliphatic rings. The summed E-state index contributed by atoms with van der Waals surface area (Å²) in [5.41, 5.74) is -0.580. The van der Waals surface area contributed by atoms with Crippen molar-refractivity contribution in [2.24, 2.45) is 17.3 Å². The SMILES string of the molecule is C[N+]1(C)C2CCC1CC(C(CCCCCCCC(=O)O)(C(=O)O)C1CC3CCC(C1)[N+]3(C)C)C2. The smallest absolute Gasteiger partial charge is 0.310 e. The molecule has 4 saturated heterocycles. The zero-order valence-corrected chi connectivity index (χ0v) is 22.2. The first-order valence-corrected chi connectivity index (χ1v) is 14.1. The van der Waals surface area contributed by atoms with Crippen LogP contribution in [0.3, 0.4) is 0 Å². The van der Waals surface area contributed by atoms with E-state index in [1.54, 1.807) is 0 Å². The number of carboxylic acid groups (broad SMARTS) is 2. The van der Waals surface area contributed by atoms with Crippen molar-refractivity contribution in [1.82, 2.24) is 0 Å². The first kappa shape index (κ1) is 25.9. The first-order valence-electron chi connectivity index (χ1n) is 14.1. The molecule has 4 heterocycles. The minimum Gasteiger partial charge on any atom is -0.481 e. The van der Waals surface area contributed by atoms with Gasteiger partial charge in [-0.05, 0) is 24.7 Å². The van der Waals surface area contributed by atoms with Crippen molar-refractivity contribution < 1.29 is 28.8 Å². The summed E-state index contributed by atoms with van der Waals surface area (Å²) in [5, 5.41) is 19.9. The predicted octanol–water partition coefficient (Wildman–Crippen LogP) is 4.91. The van der Waals surface area contributed by atoms with E-state index in [1.165, 1.54) is 25.7 Å². The van der Waals surface area contributed by atoms with Crippen molar-refractivity contribution in [3.63, 3.8) is 0 Å². The fourth-order valence-corrected chi connectivity index (χ4v) is 9.02. The number of nitrogens with zero attached hydrogens (tertiary/aromatic N) is 2. The number of aliphatic carboxylic acids is 2. The number of fused-ring (bicyclic) bond motifs is 4. The molecule has 0 aromatic rings. The molecule has 4 unspecified atom stereocenters. The average molecular weight is 479 g/mol. The molecule has 4 atom stereocenters. The lowest BCUT2D eigenvalue weighted by Crippen LogP contribution is -2.62. The molecule has 0 spiro atoms. The molecule has 4 rings (SSSR count). The van der Waals surface area contributed by atoms with Gasteiger partial charge in [0.15, 0.2) is 0 Å². The fourth-order valence-electron chi connectivity index (χ4n) is 9.02. The summed E-state index contributed by atoms with van der Waals surface area (Å²) in [4.78, 5) is 24.2. The van der Waals surface area contributed by atoms with Crippen LogP contribution in [0.15, 0.2) is 0 Å². The van der Waals surface area contributed by atoms with Gasteiger partial charge in [-0.1, -0.05) is 25.7 Å². The molecule has 0 aliphatic carbocycles. The van der Waals surface area contributed by atoms with Crippen molar-refractivity contribution in [2.75, 3.05) is 28.2 Å². The highest BCUT2D eigenvalue weighted by Gasteiger charge is 2.62. The Kier molecular flexibility index (Phi) is 7.42. The van der Waals surface area contributed by atoms with Crippen LogP contribution in [0.4, 0.5) is 0 Å². The van der Waals surface area contributed by atoms with Crippen molar-refractivity contribution >= 4 is 11.9 Å². The minimum atomic E-state index is -0.716. The molecule has 194 valence electrons. The van der Waals surface area contributed by atoms with E-state index in [0.717, 1.165) is 73.2 Å². The van der Waals surface area contributed by atoms with Crippen LogP contribution < -0.4 is 0 Å². The quantitative estimate of drug-likeness (QED) is 0.327. The molecule has 34 heavy (non-hydrogen) atoms. The van der Waals surface area contributed by atoms with Gasteiger partial charge in [0.05, 0.1) is 57.8 Å². The maximum Gasteiger partial charge on any atom is 0.310 e. The van der Waals surface area contributed by atoms with Crippen molar-refractivity contribution in [3.8, 4) is 0 Å². The number of carboxylic acids is 2. The highest BCUT2D eigenvalue weighted by atomic mass is 16.4. The number of piperidine rings is 2. The van der Waals surface area contributed by atoms with Crippen LogP contribution in [0.25, 0.3) is 0 Å². The first-order chi connectivity index (χ1) is 16.0. The highest BCUT2D eigenvalue weighted by Crippen LogP contribution is 2.58. The van der Waals surface area contributed by atoms with Gasteiger partial charge in [0, 0.05) is 57.8 Å². The summed E-state index contributed by atoms with van der Waals surface area (Å²) in [6.07, 6.45) is 15.1. The Balaban J connectivity index is 1.52. The summed E-state index contributed by atoms with van der Waals surface area (Å²) in [7, 11) is 9.50. The molecule has 4 fully saturated rings. The molecule has 0 radical (unpaired) electrons. The van der Waals surface area contributed by atoms with Gasteiger partial charge >= 0.3 is 11.9 Å². The van der Waals surface area contributed by atoms with Crippen molar-refractivity contribution in [2.45, 2.75) is 120 Å². The zero-order valence-electron chi connectivity index (χ0n) is 22.2. The highest BCUT2D eigenvalue weighted by molar-refractivity contribution is 5.75. The second kappa shape index (κ2) is 9.72. The normalized spacial score (nSPS) is 37.3. The Morgan fingerprint density at radius 3 is 1.44 bits per heavy atom. The van der Waals surface area contributed by atoms with Gasteiger partial charge in [-0.3, -0.25) is 9.59 Å². The van der Waals surface area contributed by atoms with Gasteiger partial charge in [0.25, 0.3) is 0 Å². The van der Waals surface area contributed by atoms with Gasteiger partial charge in [0.1, 0.15) is 0 Å². The molecular weight excluding hydrogens is 428 g/mol. The van der Waals surface area contributed by atoms with Crippen LogP contribution in [-0.4, -0.2) is 83.5 Å². The summed E-state index contributed by atoms with van der Waals surface area (Å²) >= 11 is 0. The van der Waals surface area contributed by atoms with Crippen LogP contribution in [0.2, 0.25) is 0 Å². The third-order valence-electron chi connectivity index (χ3n) is 11.5. The Labute approximate surface area is 206 Å². The van der Waals surface area contributed by atoms with Crippen LogP contribution in [0.5, 0.6) is 0 Å². The van der Waals surface area contributed by atoms with E-state index < -0.39 is 17.4 Å². The third-order valence-corrected chi connectivity index (χ3v) is 11.5. The van der Waals surface area contributed by atoms with E-state index in [1.807, 2.05) is 0 Å². The lowest BCUT2D eigenvalue weighted by atomic mass is 9.56. The van der Waals surface area contributed by atoms with Crippen molar-refractivity contribution in [3.05, 3.63) is 0 Å². The predicted molar refractivity (Wildman–Crippen MR) is 133 cm³/mol. The van der Waals surface area contributed by atoms with E-state index in [-0.39, 0.29) is 6.42 Å². The third kappa shape index (κ3) is 4.54. The minimum absolute atomic E-state index is 0.247. The van der Waals surface area contributed by atoms with Crippen molar-refractivity contribution in [1.29, 1.82) is 0 Å². The zero-order chi connectivity index (χ0) is 24.7. The van der Waals surface area contributed by atoms with E-state index in [4.69, 9.17) is 5.11 Å². The Morgan fingerprint density at radius 2 is 1.06 bits per heavy atom. The van der Waals surface area contributed by atoms with Gasteiger partial charge in [0.2, 0.25) is 0 Å². The van der Waals surface area contributed by atoms with E-state index in [0.29, 0.717) is 36.0 Å². The summed E-state index contributed by atoms with van der Waals surface area (Å²) in [6, 6.07) is 2.47. The largest absolute Gasteiger partial charge is 0.481 e. The number of hydrogen-bond acceptors (Lipinski definition) is 2. The summed E-state index contributed by atoms with van der Waals surface area (Å²) in [5.74, 6) is -0.615. The van der Waals surface area contributed by atoms with Gasteiger partial charge in [-0.15, -0.1) is 0 Å². The average Bonchev–Trinajstić information content (AvgIpc) is 3.03. The number of hydrogen-bond donors (Lipinski definition) is 2. The number of rotatable bonds is 11. The molecule has 6 nitrogen and oxygen atoms in total. The van der Waals surface area contributed by atoms with Crippen LogP contribution >= 0.6 is 0 Å². The van der Waals surface area contributed by atoms with Crippen LogP contribution in [0.1, 0.15) is 96.3 Å². The lowest BCUT2D eigenvalue weighted by Gasteiger charge is -2.54.